The first kappa shape index (κ1) is 14.9. The molecule has 1 heterocycles. The molecule has 2 N–H and O–H groups in total. The Hall–Kier alpha value is -2.47. The van der Waals surface area contributed by atoms with Crippen LogP contribution in [0.4, 0.5) is 11.5 Å². The van der Waals surface area contributed by atoms with Gasteiger partial charge < -0.3 is 19.9 Å². The van der Waals surface area contributed by atoms with Crippen molar-refractivity contribution in [3.63, 3.8) is 0 Å². The lowest BCUT2D eigenvalue weighted by Crippen LogP contribution is -2.05. The number of methoxy groups -OCH3 is 2. The number of rotatable bonds is 5. The summed E-state index contributed by atoms with van der Waals surface area (Å²) in [5.41, 5.74) is 0.588. The van der Waals surface area contributed by atoms with Gasteiger partial charge in [0.1, 0.15) is 28.0 Å². The van der Waals surface area contributed by atoms with Crippen LogP contribution >= 0.6 is 11.6 Å². The predicted molar refractivity (Wildman–Crippen MR) is 79.0 cm³/mol. The minimum atomic E-state index is -1.10. The molecule has 0 saturated heterocycles. The number of halogens is 1. The molecule has 0 radical (unpaired) electrons. The number of benzene rings is 1. The van der Waals surface area contributed by atoms with E-state index in [2.05, 4.69) is 10.3 Å². The Morgan fingerprint density at radius 2 is 1.81 bits per heavy atom. The summed E-state index contributed by atoms with van der Waals surface area (Å²) in [6.45, 7) is 0. The van der Waals surface area contributed by atoms with E-state index in [1.165, 1.54) is 26.4 Å². The highest BCUT2D eigenvalue weighted by atomic mass is 35.5. The molecule has 0 saturated carbocycles. The standard InChI is InChI=1S/C14H13ClN2O4/c1-20-9-5-8(6-10(7-9)21-2)16-13-11(14(18)19)3-4-12(15)17-13/h3-7H,1-2H3,(H,16,17)(H,18,19). The highest BCUT2D eigenvalue weighted by molar-refractivity contribution is 6.29. The molecule has 2 aromatic rings. The first-order chi connectivity index (χ1) is 10.0. The van der Waals surface area contributed by atoms with Gasteiger partial charge >= 0.3 is 5.97 Å². The molecule has 6 nitrogen and oxygen atoms in total. The molecule has 0 amide bonds. The summed E-state index contributed by atoms with van der Waals surface area (Å²) in [6, 6.07) is 7.89. The van der Waals surface area contributed by atoms with Crippen LogP contribution in [0.15, 0.2) is 30.3 Å². The Bertz CT molecular complexity index is 654. The molecular weight excluding hydrogens is 296 g/mol. The van der Waals surface area contributed by atoms with E-state index in [4.69, 9.17) is 26.2 Å². The van der Waals surface area contributed by atoms with Gasteiger partial charge in [-0.25, -0.2) is 9.78 Å². The molecule has 0 aliphatic rings. The fourth-order valence-electron chi connectivity index (χ4n) is 1.72. The molecule has 0 spiro atoms. The van der Waals surface area contributed by atoms with Gasteiger partial charge in [0.25, 0.3) is 0 Å². The van der Waals surface area contributed by atoms with Gasteiger partial charge in [0.2, 0.25) is 0 Å². The summed E-state index contributed by atoms with van der Waals surface area (Å²) >= 11 is 5.81. The second-order valence-corrected chi connectivity index (χ2v) is 4.45. The lowest BCUT2D eigenvalue weighted by atomic mass is 10.2. The van der Waals surface area contributed by atoms with Gasteiger partial charge in [-0.2, -0.15) is 0 Å². The van der Waals surface area contributed by atoms with Crippen molar-refractivity contribution in [2.45, 2.75) is 0 Å². The maximum atomic E-state index is 11.2. The van der Waals surface area contributed by atoms with Crippen LogP contribution in [0.5, 0.6) is 11.5 Å². The molecule has 0 bridgehead atoms. The highest BCUT2D eigenvalue weighted by Gasteiger charge is 2.13. The monoisotopic (exact) mass is 308 g/mol. The Kier molecular flexibility index (Phi) is 4.49. The SMILES string of the molecule is COc1cc(Nc2nc(Cl)ccc2C(=O)O)cc(OC)c1. The Balaban J connectivity index is 2.42. The molecule has 110 valence electrons. The van der Waals surface area contributed by atoms with Crippen LogP contribution in [-0.4, -0.2) is 30.3 Å². The molecular formula is C14H13ClN2O4. The largest absolute Gasteiger partial charge is 0.497 e. The van der Waals surface area contributed by atoms with Crippen molar-refractivity contribution in [3.8, 4) is 11.5 Å². The number of nitrogens with one attached hydrogen (secondary N) is 1. The molecule has 0 aliphatic carbocycles. The zero-order valence-electron chi connectivity index (χ0n) is 11.4. The fraction of sp³-hybridized carbons (Fsp3) is 0.143. The first-order valence-corrected chi connectivity index (χ1v) is 6.31. The van der Waals surface area contributed by atoms with Gasteiger partial charge in [0, 0.05) is 23.9 Å². The molecule has 2 rings (SSSR count). The number of aromatic nitrogens is 1. The second-order valence-electron chi connectivity index (χ2n) is 4.06. The highest BCUT2D eigenvalue weighted by Crippen LogP contribution is 2.29. The summed E-state index contributed by atoms with van der Waals surface area (Å²) in [7, 11) is 3.05. The molecule has 1 aromatic heterocycles. The van der Waals surface area contributed by atoms with Crippen molar-refractivity contribution in [3.05, 3.63) is 41.0 Å². The summed E-state index contributed by atoms with van der Waals surface area (Å²) in [5.74, 6) is 0.174. The lowest BCUT2D eigenvalue weighted by molar-refractivity contribution is 0.0697. The Labute approximate surface area is 126 Å². The topological polar surface area (TPSA) is 80.7 Å². The van der Waals surface area contributed by atoms with Gasteiger partial charge in [0.15, 0.2) is 0 Å². The fourth-order valence-corrected chi connectivity index (χ4v) is 1.87. The number of carboxylic acids is 1. The lowest BCUT2D eigenvalue weighted by Gasteiger charge is -2.12. The molecule has 0 fully saturated rings. The third-order valence-corrected chi connectivity index (χ3v) is 2.92. The number of anilines is 2. The van der Waals surface area contributed by atoms with Crippen molar-refractivity contribution in [1.29, 1.82) is 0 Å². The number of hydrogen-bond acceptors (Lipinski definition) is 5. The number of nitrogens with zero attached hydrogens (tertiary/aromatic N) is 1. The zero-order valence-corrected chi connectivity index (χ0v) is 12.1. The summed E-state index contributed by atoms with van der Waals surface area (Å²) < 4.78 is 10.3. The number of carbonyl (C=O) groups is 1. The maximum absolute atomic E-state index is 11.2. The van der Waals surface area contributed by atoms with Crippen LogP contribution in [0.2, 0.25) is 5.15 Å². The van der Waals surface area contributed by atoms with Crippen molar-refractivity contribution in [2.24, 2.45) is 0 Å². The van der Waals surface area contributed by atoms with E-state index in [1.807, 2.05) is 0 Å². The summed E-state index contributed by atoms with van der Waals surface area (Å²) in [6.07, 6.45) is 0. The average molecular weight is 309 g/mol. The van der Waals surface area contributed by atoms with Gasteiger partial charge in [-0.3, -0.25) is 0 Å². The van der Waals surface area contributed by atoms with Crippen LogP contribution < -0.4 is 14.8 Å². The average Bonchev–Trinajstić information content (AvgIpc) is 2.46. The molecule has 0 aliphatic heterocycles. The smallest absolute Gasteiger partial charge is 0.339 e. The summed E-state index contributed by atoms with van der Waals surface area (Å²) in [5, 5.41) is 12.3. The molecule has 1 aromatic carbocycles. The van der Waals surface area contributed by atoms with Crippen molar-refractivity contribution >= 4 is 29.1 Å². The number of hydrogen-bond donors (Lipinski definition) is 2. The molecule has 21 heavy (non-hydrogen) atoms. The second kappa shape index (κ2) is 6.32. The minimum absolute atomic E-state index is 0.0150. The number of aromatic carboxylic acids is 1. The first-order valence-electron chi connectivity index (χ1n) is 5.93. The Morgan fingerprint density at radius 3 is 2.33 bits per heavy atom. The number of ether oxygens (including phenoxy) is 2. The predicted octanol–water partition coefficient (Wildman–Crippen LogP) is 3.19. The normalized spacial score (nSPS) is 10.0. The van der Waals surface area contributed by atoms with Crippen LogP contribution in [0, 0.1) is 0 Å². The molecule has 7 heteroatoms. The quantitative estimate of drug-likeness (QED) is 0.826. The van der Waals surface area contributed by atoms with E-state index in [0.29, 0.717) is 17.2 Å². The number of pyridine rings is 1. The van der Waals surface area contributed by atoms with E-state index in [9.17, 15) is 4.79 Å². The van der Waals surface area contributed by atoms with Gasteiger partial charge in [-0.1, -0.05) is 11.6 Å². The van der Waals surface area contributed by atoms with Gasteiger partial charge in [-0.15, -0.1) is 0 Å². The number of carboxylic acid groups (broad SMARTS) is 1. The van der Waals surface area contributed by atoms with Crippen LogP contribution in [-0.2, 0) is 0 Å². The van der Waals surface area contributed by atoms with Gasteiger partial charge in [0.05, 0.1) is 14.2 Å². The van der Waals surface area contributed by atoms with Crippen molar-refractivity contribution in [2.75, 3.05) is 19.5 Å². The Morgan fingerprint density at radius 1 is 1.19 bits per heavy atom. The third-order valence-electron chi connectivity index (χ3n) is 2.71. The van der Waals surface area contributed by atoms with Crippen LogP contribution in [0.25, 0.3) is 0 Å². The van der Waals surface area contributed by atoms with E-state index in [0.717, 1.165) is 0 Å². The zero-order chi connectivity index (χ0) is 15.4. The minimum Gasteiger partial charge on any atom is -0.497 e. The van der Waals surface area contributed by atoms with E-state index < -0.39 is 5.97 Å². The van der Waals surface area contributed by atoms with Crippen molar-refractivity contribution in [1.82, 2.24) is 4.98 Å². The summed E-state index contributed by atoms with van der Waals surface area (Å²) in [4.78, 5) is 15.2. The maximum Gasteiger partial charge on any atom is 0.339 e. The van der Waals surface area contributed by atoms with E-state index in [-0.39, 0.29) is 16.5 Å². The van der Waals surface area contributed by atoms with Crippen LogP contribution in [0.1, 0.15) is 10.4 Å². The van der Waals surface area contributed by atoms with E-state index >= 15 is 0 Å². The third kappa shape index (κ3) is 3.55. The van der Waals surface area contributed by atoms with Crippen LogP contribution in [0.3, 0.4) is 0 Å². The van der Waals surface area contributed by atoms with Crippen molar-refractivity contribution < 1.29 is 19.4 Å². The van der Waals surface area contributed by atoms with E-state index in [1.54, 1.807) is 18.2 Å². The van der Waals surface area contributed by atoms with Gasteiger partial charge in [-0.05, 0) is 12.1 Å². The molecule has 0 atom stereocenters. The molecule has 0 unspecified atom stereocenters.